The Kier molecular flexibility index (Phi) is 8.17. The molecule has 0 saturated carbocycles. The quantitative estimate of drug-likeness (QED) is 0.356. The Labute approximate surface area is 125 Å². The van der Waals surface area contributed by atoms with Gasteiger partial charge in [-0.15, -0.1) is 0 Å². The molecule has 0 aromatic heterocycles. The Morgan fingerprint density at radius 1 is 1.19 bits per heavy atom. The van der Waals surface area contributed by atoms with Gasteiger partial charge in [-0.2, -0.15) is 0 Å². The van der Waals surface area contributed by atoms with Gasteiger partial charge in [0.1, 0.15) is 0 Å². The van der Waals surface area contributed by atoms with E-state index in [0.717, 1.165) is 11.6 Å². The topological polar surface area (TPSA) is 3.24 Å². The van der Waals surface area contributed by atoms with Crippen LogP contribution in [0.25, 0.3) is 0 Å². The molecule has 0 radical (unpaired) electrons. The molecule has 1 aliphatic heterocycles. The van der Waals surface area contributed by atoms with Crippen LogP contribution in [0, 0.1) is 0 Å². The molecule has 16 heavy (non-hydrogen) atoms. The molecule has 0 aliphatic carbocycles. The fourth-order valence-corrected chi connectivity index (χ4v) is 3.95. The molecular formula is C11H18AgCl2NS. The van der Waals surface area contributed by atoms with E-state index >= 15 is 0 Å². The maximum atomic E-state index is 6.03. The van der Waals surface area contributed by atoms with Gasteiger partial charge >= 0.3 is 126 Å². The van der Waals surface area contributed by atoms with E-state index in [1.54, 1.807) is 11.9 Å². The van der Waals surface area contributed by atoms with E-state index in [-0.39, 0.29) is 4.26 Å². The normalized spacial score (nSPS) is 22.2. The first-order chi connectivity index (χ1) is 7.66. The summed E-state index contributed by atoms with van der Waals surface area (Å²) in [5.74, 6) is 0. The first-order valence-corrected chi connectivity index (χ1v) is 8.14. The Hall–Kier alpha value is 1.37. The van der Waals surface area contributed by atoms with Crippen LogP contribution in [-0.4, -0.2) is 15.1 Å². The number of hydrogen-bond acceptors (Lipinski definition) is 2. The average molecular weight is 375 g/mol. The predicted molar refractivity (Wildman–Crippen MR) is 70.2 cm³/mol. The molecule has 0 saturated heterocycles. The molecule has 1 atom stereocenters. The number of rotatable bonds is 7. The number of hydrogen-bond donors (Lipinski definition) is 0. The van der Waals surface area contributed by atoms with Gasteiger partial charge in [0.05, 0.1) is 0 Å². The molecule has 98 valence electrons. The molecule has 0 aromatic rings. The second kappa shape index (κ2) is 8.47. The maximum absolute atomic E-state index is 6.03. The third-order valence-electron chi connectivity index (χ3n) is 2.54. The van der Waals surface area contributed by atoms with Crippen molar-refractivity contribution in [3.8, 4) is 0 Å². The average Bonchev–Trinajstić information content (AvgIpc) is 2.51. The first-order valence-electron chi connectivity index (χ1n) is 5.76. The van der Waals surface area contributed by atoms with Crippen molar-refractivity contribution < 1.29 is 21.1 Å². The van der Waals surface area contributed by atoms with Crippen LogP contribution >= 0.6 is 35.1 Å². The summed E-state index contributed by atoms with van der Waals surface area (Å²) in [5, 5.41) is 0.719. The Morgan fingerprint density at radius 3 is 2.38 bits per heavy atom. The van der Waals surface area contributed by atoms with Crippen LogP contribution in [0.4, 0.5) is 0 Å². The van der Waals surface area contributed by atoms with Crippen LogP contribution in [0.3, 0.4) is 0 Å². The zero-order valence-electron chi connectivity index (χ0n) is 9.44. The van der Waals surface area contributed by atoms with E-state index in [2.05, 4.69) is 32.3 Å². The van der Waals surface area contributed by atoms with Crippen LogP contribution in [0.15, 0.2) is 9.40 Å². The molecule has 0 amide bonds. The van der Waals surface area contributed by atoms with Gasteiger partial charge in [0, 0.05) is 0 Å². The van der Waals surface area contributed by atoms with Gasteiger partial charge in [0.2, 0.25) is 0 Å². The van der Waals surface area contributed by atoms with Crippen LogP contribution in [0.1, 0.15) is 45.4 Å². The molecule has 5 heteroatoms. The zero-order chi connectivity index (χ0) is 12.0. The van der Waals surface area contributed by atoms with E-state index in [9.17, 15) is 0 Å². The first kappa shape index (κ1) is 15.4. The van der Waals surface area contributed by atoms with Crippen molar-refractivity contribution in [3.63, 3.8) is 0 Å². The summed E-state index contributed by atoms with van der Waals surface area (Å²) in [6, 6.07) is 0. The second-order valence-electron chi connectivity index (χ2n) is 3.92. The summed E-state index contributed by atoms with van der Waals surface area (Å²) in [6.07, 6.45) is 7.88. The van der Waals surface area contributed by atoms with Gasteiger partial charge < -0.3 is 0 Å². The SMILES string of the molecule is CCCCCCCCN1SC(Cl)=C(Cl)[CH]1[Ag]. The number of halogens is 2. The Morgan fingerprint density at radius 2 is 1.81 bits per heavy atom. The number of unbranched alkanes of at least 4 members (excludes halogenated alkanes) is 5. The predicted octanol–water partition coefficient (Wildman–Crippen LogP) is 4.83. The summed E-state index contributed by atoms with van der Waals surface area (Å²) in [4.78, 5) is 0. The third kappa shape index (κ3) is 4.93. The third-order valence-corrected chi connectivity index (χ3v) is 5.91. The Balaban J connectivity index is 2.07. The molecule has 0 fully saturated rings. The number of nitrogens with zero attached hydrogens (tertiary/aromatic N) is 1. The van der Waals surface area contributed by atoms with Crippen molar-refractivity contribution in [3.05, 3.63) is 9.40 Å². The fraction of sp³-hybridized carbons (Fsp3) is 0.818. The summed E-state index contributed by atoms with van der Waals surface area (Å²) in [5.41, 5.74) is 0. The van der Waals surface area contributed by atoms with Crippen molar-refractivity contribution in [1.82, 2.24) is 4.31 Å². The van der Waals surface area contributed by atoms with Gasteiger partial charge in [-0.05, 0) is 0 Å². The molecule has 0 aromatic carbocycles. The molecule has 1 rings (SSSR count). The van der Waals surface area contributed by atoms with E-state index in [1.165, 1.54) is 38.5 Å². The van der Waals surface area contributed by atoms with E-state index in [4.69, 9.17) is 23.2 Å². The molecule has 1 aliphatic rings. The van der Waals surface area contributed by atoms with E-state index in [0.29, 0.717) is 4.36 Å². The van der Waals surface area contributed by atoms with Crippen LogP contribution in [0.2, 0.25) is 0 Å². The van der Waals surface area contributed by atoms with Gasteiger partial charge in [-0.3, -0.25) is 0 Å². The van der Waals surface area contributed by atoms with Crippen molar-refractivity contribution in [1.29, 1.82) is 0 Å². The van der Waals surface area contributed by atoms with Crippen LogP contribution in [0.5, 0.6) is 0 Å². The van der Waals surface area contributed by atoms with Crippen molar-refractivity contribution in [2.45, 2.75) is 49.7 Å². The summed E-state index contributed by atoms with van der Waals surface area (Å²) < 4.78 is 3.00. The molecular weight excluding hydrogens is 357 g/mol. The van der Waals surface area contributed by atoms with E-state index < -0.39 is 0 Å². The summed E-state index contributed by atoms with van der Waals surface area (Å²) >= 11 is 17.1. The molecule has 1 nitrogen and oxygen atoms in total. The van der Waals surface area contributed by atoms with Crippen molar-refractivity contribution >= 4 is 35.1 Å². The molecule has 0 N–H and O–H groups in total. The standard InChI is InChI=1S/C11H18Cl2NS.Ag/c1-2-3-4-5-6-7-8-14-9-10(12)11(13)15-14;/h9H,2-8H2,1H3;. The fourth-order valence-electron chi connectivity index (χ4n) is 1.60. The molecule has 1 heterocycles. The van der Waals surface area contributed by atoms with Crippen molar-refractivity contribution in [2.24, 2.45) is 0 Å². The van der Waals surface area contributed by atoms with Crippen LogP contribution < -0.4 is 0 Å². The van der Waals surface area contributed by atoms with E-state index in [1.807, 2.05) is 0 Å². The minimum absolute atomic E-state index is 0.0969. The van der Waals surface area contributed by atoms with Crippen LogP contribution in [-0.2, 0) is 21.1 Å². The summed E-state index contributed by atoms with van der Waals surface area (Å²) in [6.45, 7) is 3.28. The van der Waals surface area contributed by atoms with Gasteiger partial charge in [0.25, 0.3) is 0 Å². The van der Waals surface area contributed by atoms with Gasteiger partial charge in [0.15, 0.2) is 0 Å². The zero-order valence-corrected chi connectivity index (χ0v) is 13.3. The Bertz CT molecular complexity index is 248. The minimum atomic E-state index is 0.0969. The monoisotopic (exact) mass is 373 g/mol. The molecule has 0 bridgehead atoms. The summed E-state index contributed by atoms with van der Waals surface area (Å²) in [7, 11) is 0. The van der Waals surface area contributed by atoms with Gasteiger partial charge in [-0.1, -0.05) is 0 Å². The van der Waals surface area contributed by atoms with Crippen molar-refractivity contribution in [2.75, 3.05) is 6.54 Å². The molecule has 0 spiro atoms. The second-order valence-corrected chi connectivity index (χ2v) is 6.80. The molecule has 1 unspecified atom stereocenters. The van der Waals surface area contributed by atoms with Gasteiger partial charge in [-0.25, -0.2) is 0 Å².